The number of nitrogens with zero attached hydrogens (tertiary/aromatic N) is 4. The van der Waals surface area contributed by atoms with Crippen molar-refractivity contribution < 1.29 is 9.59 Å². The number of hydrogen-bond donors (Lipinski definition) is 2. The van der Waals surface area contributed by atoms with Gasteiger partial charge < -0.3 is 11.1 Å². The van der Waals surface area contributed by atoms with Gasteiger partial charge in [-0.25, -0.2) is 9.97 Å². The number of imidazole rings is 1. The molecule has 0 aliphatic carbocycles. The van der Waals surface area contributed by atoms with Crippen molar-refractivity contribution in [3.8, 4) is 16.4 Å². The van der Waals surface area contributed by atoms with E-state index >= 15 is 0 Å². The Bertz CT molecular complexity index is 1450. The Labute approximate surface area is 224 Å². The number of nitrogens with two attached hydrogens (primary N) is 1. The van der Waals surface area contributed by atoms with Crippen LogP contribution in [0.25, 0.3) is 27.4 Å². The number of nitrogens with one attached hydrogen (secondary N) is 1. The van der Waals surface area contributed by atoms with Crippen LogP contribution in [0.5, 0.6) is 0 Å². The fraction of sp³-hybridized carbons (Fsp3) is 0.333. The molecule has 0 bridgehead atoms. The molecular formula is C27H29ClN6O2S. The van der Waals surface area contributed by atoms with Crippen molar-refractivity contribution in [2.75, 3.05) is 13.1 Å². The Balaban J connectivity index is 1.37. The largest absolute Gasteiger partial charge is 0.365 e. The minimum atomic E-state index is -0.531. The number of fused-ring (bicyclic) bond motifs is 1. The highest BCUT2D eigenvalue weighted by Crippen LogP contribution is 2.33. The summed E-state index contributed by atoms with van der Waals surface area (Å²) in [7, 11) is 0. The van der Waals surface area contributed by atoms with Crippen LogP contribution in [-0.2, 0) is 11.3 Å². The summed E-state index contributed by atoms with van der Waals surface area (Å²) < 4.78 is 1.90. The lowest BCUT2D eigenvalue weighted by atomic mass is 10.0. The second-order valence-corrected chi connectivity index (χ2v) is 11.1. The number of piperidine rings is 1. The summed E-state index contributed by atoms with van der Waals surface area (Å²) in [6.07, 6.45) is 3.61. The zero-order valence-corrected chi connectivity index (χ0v) is 22.4. The van der Waals surface area contributed by atoms with Crippen molar-refractivity contribution in [2.24, 2.45) is 11.7 Å². The highest BCUT2D eigenvalue weighted by atomic mass is 35.5. The second kappa shape index (κ2) is 10.6. The second-order valence-electron chi connectivity index (χ2n) is 9.70. The number of halogens is 1. The Hall–Kier alpha value is -3.27. The lowest BCUT2D eigenvalue weighted by Crippen LogP contribution is -2.45. The van der Waals surface area contributed by atoms with Crippen LogP contribution >= 0.6 is 22.9 Å². The first-order valence-electron chi connectivity index (χ1n) is 12.3. The van der Waals surface area contributed by atoms with Crippen LogP contribution in [0, 0.1) is 5.92 Å². The van der Waals surface area contributed by atoms with Gasteiger partial charge in [0, 0.05) is 42.2 Å². The van der Waals surface area contributed by atoms with E-state index in [4.69, 9.17) is 22.3 Å². The van der Waals surface area contributed by atoms with Gasteiger partial charge in [0.05, 0.1) is 16.7 Å². The third-order valence-electron chi connectivity index (χ3n) is 6.62. The summed E-state index contributed by atoms with van der Waals surface area (Å²) >= 11 is 7.41. The smallest absolute Gasteiger partial charge is 0.261 e. The van der Waals surface area contributed by atoms with Gasteiger partial charge >= 0.3 is 0 Å². The Morgan fingerprint density at radius 2 is 1.97 bits per heavy atom. The molecule has 1 saturated heterocycles. The van der Waals surface area contributed by atoms with Crippen molar-refractivity contribution >= 4 is 45.8 Å². The minimum absolute atomic E-state index is 0.00747. The van der Waals surface area contributed by atoms with E-state index in [9.17, 15) is 9.59 Å². The molecule has 10 heteroatoms. The van der Waals surface area contributed by atoms with Crippen molar-refractivity contribution in [3.63, 3.8) is 0 Å². The van der Waals surface area contributed by atoms with Crippen molar-refractivity contribution in [1.29, 1.82) is 0 Å². The van der Waals surface area contributed by atoms with Gasteiger partial charge in [-0.1, -0.05) is 55.0 Å². The van der Waals surface area contributed by atoms with Gasteiger partial charge in [0.25, 0.3) is 5.91 Å². The third-order valence-corrected chi connectivity index (χ3v) is 7.92. The van der Waals surface area contributed by atoms with Crippen molar-refractivity contribution in [3.05, 3.63) is 64.3 Å². The molecule has 0 spiro atoms. The molecule has 0 saturated carbocycles. The maximum absolute atomic E-state index is 12.2. The average Bonchev–Trinajstić information content (AvgIpc) is 3.49. The molecule has 2 aromatic carbocycles. The number of aromatic nitrogens is 3. The highest BCUT2D eigenvalue weighted by Gasteiger charge is 2.23. The first-order valence-corrected chi connectivity index (χ1v) is 13.5. The van der Waals surface area contributed by atoms with Crippen LogP contribution in [0.1, 0.15) is 41.9 Å². The summed E-state index contributed by atoms with van der Waals surface area (Å²) in [4.78, 5) is 36.3. The molecule has 1 aliphatic heterocycles. The normalized spacial score (nSPS) is 14.9. The Morgan fingerprint density at radius 3 is 2.68 bits per heavy atom. The summed E-state index contributed by atoms with van der Waals surface area (Å²) in [5.74, 6) is -0.401. The third kappa shape index (κ3) is 5.53. The molecule has 4 aromatic rings. The van der Waals surface area contributed by atoms with E-state index in [2.05, 4.69) is 27.3 Å². The number of amides is 2. The molecule has 1 aliphatic rings. The first kappa shape index (κ1) is 25.4. The van der Waals surface area contributed by atoms with E-state index < -0.39 is 5.91 Å². The lowest BCUT2D eigenvalue weighted by Gasteiger charge is -2.32. The van der Waals surface area contributed by atoms with E-state index in [1.54, 1.807) is 18.5 Å². The number of primary amides is 1. The molecule has 8 nitrogen and oxygen atoms in total. The van der Waals surface area contributed by atoms with E-state index in [-0.39, 0.29) is 17.9 Å². The minimum Gasteiger partial charge on any atom is -0.365 e. The highest BCUT2D eigenvalue weighted by molar-refractivity contribution is 7.16. The standard InChI is InChI=1S/C27H29ClN6O2S/c1-16(2)26(36)31-20-8-10-33(11-9-20)14-17-6-7-21-22(12-17)34(15-30-21)27-32-23(24(37-27)25(29)35)18-4-3-5-19(28)13-18/h3-7,12-13,15-16,20H,8-11,14H2,1-2H3,(H2,29,35)(H,31,36). The molecular weight excluding hydrogens is 508 g/mol. The number of rotatable bonds is 7. The van der Waals surface area contributed by atoms with Gasteiger partial charge in [-0.15, -0.1) is 0 Å². The number of carbonyl (C=O) groups excluding carboxylic acids is 2. The Morgan fingerprint density at radius 1 is 1.19 bits per heavy atom. The lowest BCUT2D eigenvalue weighted by molar-refractivity contribution is -0.125. The van der Waals surface area contributed by atoms with Gasteiger partial charge in [0.1, 0.15) is 11.2 Å². The molecule has 2 aromatic heterocycles. The van der Waals surface area contributed by atoms with Gasteiger partial charge in [-0.2, -0.15) is 0 Å². The molecule has 0 atom stereocenters. The number of hydrogen-bond acceptors (Lipinski definition) is 6. The van der Waals surface area contributed by atoms with Crippen molar-refractivity contribution in [2.45, 2.75) is 39.3 Å². The topological polar surface area (TPSA) is 106 Å². The predicted molar refractivity (Wildman–Crippen MR) is 147 cm³/mol. The first-order chi connectivity index (χ1) is 17.8. The summed E-state index contributed by atoms with van der Waals surface area (Å²) in [6, 6.07) is 13.7. The van der Waals surface area contributed by atoms with E-state index in [0.717, 1.165) is 49.1 Å². The molecule has 5 rings (SSSR count). The molecule has 0 unspecified atom stereocenters. The van der Waals surface area contributed by atoms with Gasteiger partial charge in [0.2, 0.25) is 5.91 Å². The van der Waals surface area contributed by atoms with Crippen LogP contribution in [-0.4, -0.2) is 50.4 Å². The summed E-state index contributed by atoms with van der Waals surface area (Å²) in [5, 5.41) is 4.33. The average molecular weight is 537 g/mol. The van der Waals surface area contributed by atoms with Crippen LogP contribution in [0.3, 0.4) is 0 Å². The predicted octanol–water partition coefficient (Wildman–Crippen LogP) is 4.64. The molecule has 2 amide bonds. The van der Waals surface area contributed by atoms with Crippen LogP contribution < -0.4 is 11.1 Å². The number of carbonyl (C=O) groups is 2. The number of likely N-dealkylation sites (tertiary alicyclic amines) is 1. The van der Waals surface area contributed by atoms with Crippen LogP contribution in [0.15, 0.2) is 48.8 Å². The van der Waals surface area contributed by atoms with E-state index in [0.29, 0.717) is 20.7 Å². The zero-order valence-electron chi connectivity index (χ0n) is 20.8. The van der Waals surface area contributed by atoms with E-state index in [1.165, 1.54) is 16.9 Å². The number of thiazole rings is 1. The van der Waals surface area contributed by atoms with Crippen molar-refractivity contribution in [1.82, 2.24) is 24.8 Å². The number of benzene rings is 2. The quantitative estimate of drug-likeness (QED) is 0.358. The molecule has 192 valence electrons. The van der Waals surface area contributed by atoms with E-state index in [1.807, 2.05) is 36.6 Å². The van der Waals surface area contributed by atoms with Gasteiger partial charge in [0.15, 0.2) is 5.13 Å². The fourth-order valence-electron chi connectivity index (χ4n) is 4.58. The van der Waals surface area contributed by atoms with Crippen LogP contribution in [0.2, 0.25) is 5.02 Å². The molecule has 3 heterocycles. The van der Waals surface area contributed by atoms with Gasteiger partial charge in [-0.05, 0) is 42.7 Å². The van der Waals surface area contributed by atoms with Gasteiger partial charge in [-0.3, -0.25) is 19.1 Å². The molecule has 1 fully saturated rings. The monoisotopic (exact) mass is 536 g/mol. The maximum Gasteiger partial charge on any atom is 0.261 e. The molecule has 37 heavy (non-hydrogen) atoms. The zero-order chi connectivity index (χ0) is 26.1. The van der Waals surface area contributed by atoms with Crippen LogP contribution in [0.4, 0.5) is 0 Å². The summed E-state index contributed by atoms with van der Waals surface area (Å²) in [6.45, 7) is 6.51. The molecule has 0 radical (unpaired) electrons. The Kier molecular flexibility index (Phi) is 7.28. The fourth-order valence-corrected chi connectivity index (χ4v) is 5.69. The molecule has 3 N–H and O–H groups in total. The summed E-state index contributed by atoms with van der Waals surface area (Å²) in [5.41, 5.74) is 9.87. The SMILES string of the molecule is CC(C)C(=O)NC1CCN(Cc2ccc3ncn(-c4nc(-c5cccc(Cl)c5)c(C(N)=O)s4)c3c2)CC1. The maximum atomic E-state index is 12.2.